The Morgan fingerprint density at radius 3 is 2.89 bits per heavy atom. The summed E-state index contributed by atoms with van der Waals surface area (Å²) in [7, 11) is 0. The van der Waals surface area contributed by atoms with Gasteiger partial charge in [0.15, 0.2) is 0 Å². The second-order valence-corrected chi connectivity index (χ2v) is 6.43. The fourth-order valence-electron chi connectivity index (χ4n) is 3.26. The quantitative estimate of drug-likeness (QED) is 0.905. The number of fused-ring (bicyclic) bond motifs is 1. The zero-order valence-electron chi connectivity index (χ0n) is 10.9. The molecule has 2 saturated heterocycles. The number of likely N-dealkylation sites (tertiary alicyclic amines) is 1. The van der Waals surface area contributed by atoms with E-state index in [1.807, 2.05) is 24.3 Å². The van der Waals surface area contributed by atoms with Gasteiger partial charge in [0.25, 0.3) is 0 Å². The molecule has 3 nitrogen and oxygen atoms in total. The van der Waals surface area contributed by atoms with Crippen LogP contribution in [-0.2, 0) is 11.2 Å². The van der Waals surface area contributed by atoms with Crippen molar-refractivity contribution in [3.63, 3.8) is 0 Å². The van der Waals surface area contributed by atoms with Gasteiger partial charge in [0.05, 0.1) is 6.42 Å². The van der Waals surface area contributed by atoms with Gasteiger partial charge in [-0.2, -0.15) is 0 Å². The van der Waals surface area contributed by atoms with Crippen LogP contribution in [0.1, 0.15) is 18.4 Å². The van der Waals surface area contributed by atoms with E-state index < -0.39 is 0 Å². The summed E-state index contributed by atoms with van der Waals surface area (Å²) in [5, 5.41) is 3.42. The maximum atomic E-state index is 12.5. The fourth-order valence-corrected chi connectivity index (χ4v) is 3.52. The smallest absolute Gasteiger partial charge is 0.227 e. The third-order valence-corrected chi connectivity index (χ3v) is 4.80. The summed E-state index contributed by atoms with van der Waals surface area (Å²) in [6.07, 6.45) is 2.94. The second-order valence-electron chi connectivity index (χ2n) is 5.52. The Labute approximate surface area is 122 Å². The summed E-state index contributed by atoms with van der Waals surface area (Å²) >= 11 is 3.42. The molecule has 1 aromatic rings. The zero-order chi connectivity index (χ0) is 13.2. The first kappa shape index (κ1) is 13.1. The van der Waals surface area contributed by atoms with Crippen LogP contribution in [0.5, 0.6) is 0 Å². The number of carbonyl (C=O) groups excluding carboxylic acids is 1. The first-order chi connectivity index (χ1) is 9.24. The van der Waals surface area contributed by atoms with Crippen molar-refractivity contribution in [1.29, 1.82) is 0 Å². The number of halogens is 1. The third kappa shape index (κ3) is 2.84. The summed E-state index contributed by atoms with van der Waals surface area (Å²) < 4.78 is 1.06. The molecule has 2 fully saturated rings. The lowest BCUT2D eigenvalue weighted by Crippen LogP contribution is -2.48. The molecule has 1 aromatic carbocycles. The molecule has 1 N–H and O–H groups in total. The lowest BCUT2D eigenvalue weighted by Gasteiger charge is -2.37. The highest BCUT2D eigenvalue weighted by atomic mass is 79.9. The summed E-state index contributed by atoms with van der Waals surface area (Å²) in [4.78, 5) is 14.6. The van der Waals surface area contributed by atoms with Crippen LogP contribution >= 0.6 is 15.9 Å². The Kier molecular flexibility index (Phi) is 3.89. The van der Waals surface area contributed by atoms with Crippen LogP contribution in [-0.4, -0.2) is 36.5 Å². The van der Waals surface area contributed by atoms with Crippen LogP contribution in [0.4, 0.5) is 0 Å². The van der Waals surface area contributed by atoms with Crippen LogP contribution in [0.2, 0.25) is 0 Å². The maximum Gasteiger partial charge on any atom is 0.227 e. The van der Waals surface area contributed by atoms with Gasteiger partial charge in [-0.1, -0.05) is 28.1 Å². The molecule has 2 aliphatic rings. The molecule has 0 aromatic heterocycles. The van der Waals surface area contributed by atoms with E-state index in [1.54, 1.807) is 0 Å². The third-order valence-electron chi connectivity index (χ3n) is 4.27. The number of nitrogens with one attached hydrogen (secondary N) is 1. The maximum absolute atomic E-state index is 12.5. The highest BCUT2D eigenvalue weighted by Crippen LogP contribution is 2.27. The fraction of sp³-hybridized carbons (Fsp3) is 0.533. The first-order valence-corrected chi connectivity index (χ1v) is 7.78. The number of amides is 1. The highest BCUT2D eigenvalue weighted by molar-refractivity contribution is 9.10. The summed E-state index contributed by atoms with van der Waals surface area (Å²) in [5.41, 5.74) is 1.10. The van der Waals surface area contributed by atoms with Crippen LogP contribution in [0.15, 0.2) is 28.7 Å². The number of hydrogen-bond acceptors (Lipinski definition) is 2. The molecule has 2 aliphatic heterocycles. The summed E-state index contributed by atoms with van der Waals surface area (Å²) in [6.45, 7) is 2.97. The van der Waals surface area contributed by atoms with Crippen molar-refractivity contribution in [3.8, 4) is 0 Å². The minimum Gasteiger partial charge on any atom is -0.338 e. The molecule has 2 heterocycles. The average Bonchev–Trinajstić information content (AvgIpc) is 2.89. The predicted octanol–water partition coefficient (Wildman–Crippen LogP) is 2.20. The Morgan fingerprint density at radius 1 is 1.32 bits per heavy atom. The van der Waals surface area contributed by atoms with Gasteiger partial charge in [-0.3, -0.25) is 4.79 Å². The number of benzene rings is 1. The van der Waals surface area contributed by atoms with Gasteiger partial charge >= 0.3 is 0 Å². The van der Waals surface area contributed by atoms with Crippen LogP contribution < -0.4 is 5.32 Å². The van der Waals surface area contributed by atoms with E-state index in [-0.39, 0.29) is 5.91 Å². The minimum atomic E-state index is 0.278. The number of hydrogen-bond donors (Lipinski definition) is 1. The standard InChI is InChI=1S/C15H19BrN2O/c16-13-5-3-11(4-6-13)8-15(19)18-7-1-2-12-9-17-10-14(12)18/h3-6,12,14,17H,1-2,7-10H2. The Balaban J connectivity index is 1.67. The Hall–Kier alpha value is -0.870. The van der Waals surface area contributed by atoms with E-state index in [2.05, 4.69) is 26.1 Å². The molecule has 0 radical (unpaired) electrons. The normalized spacial score (nSPS) is 26.3. The van der Waals surface area contributed by atoms with Gasteiger partial charge in [0.2, 0.25) is 5.91 Å². The number of nitrogens with zero attached hydrogens (tertiary/aromatic N) is 1. The van der Waals surface area contributed by atoms with Crippen molar-refractivity contribution >= 4 is 21.8 Å². The van der Waals surface area contributed by atoms with Gasteiger partial charge in [0, 0.05) is 30.1 Å². The molecular weight excluding hydrogens is 304 g/mol. The molecule has 2 unspecified atom stereocenters. The number of rotatable bonds is 2. The van der Waals surface area contributed by atoms with Crippen molar-refractivity contribution in [2.45, 2.75) is 25.3 Å². The molecule has 19 heavy (non-hydrogen) atoms. The van der Waals surface area contributed by atoms with Crippen molar-refractivity contribution in [3.05, 3.63) is 34.3 Å². The van der Waals surface area contributed by atoms with E-state index in [9.17, 15) is 4.79 Å². The van der Waals surface area contributed by atoms with E-state index in [1.165, 1.54) is 6.42 Å². The molecule has 2 atom stereocenters. The largest absolute Gasteiger partial charge is 0.338 e. The first-order valence-electron chi connectivity index (χ1n) is 6.98. The van der Waals surface area contributed by atoms with E-state index in [4.69, 9.17) is 0 Å². The highest BCUT2D eigenvalue weighted by Gasteiger charge is 2.36. The second kappa shape index (κ2) is 5.63. The Bertz CT molecular complexity index is 460. The van der Waals surface area contributed by atoms with Crippen molar-refractivity contribution in [2.75, 3.05) is 19.6 Å². The number of carbonyl (C=O) groups is 1. The van der Waals surface area contributed by atoms with Gasteiger partial charge in [-0.05, 0) is 36.5 Å². The van der Waals surface area contributed by atoms with Gasteiger partial charge in [-0.25, -0.2) is 0 Å². The lowest BCUT2D eigenvalue weighted by molar-refractivity contribution is -0.134. The van der Waals surface area contributed by atoms with Crippen molar-refractivity contribution in [1.82, 2.24) is 10.2 Å². The average molecular weight is 323 g/mol. The molecule has 0 bridgehead atoms. The van der Waals surface area contributed by atoms with Gasteiger partial charge in [-0.15, -0.1) is 0 Å². The van der Waals surface area contributed by atoms with Crippen molar-refractivity contribution < 1.29 is 4.79 Å². The molecule has 102 valence electrons. The number of piperidine rings is 1. The zero-order valence-corrected chi connectivity index (χ0v) is 12.5. The van der Waals surface area contributed by atoms with Crippen LogP contribution in [0, 0.1) is 5.92 Å². The predicted molar refractivity (Wildman–Crippen MR) is 78.9 cm³/mol. The SMILES string of the molecule is O=C(Cc1ccc(Br)cc1)N1CCCC2CNCC21. The molecule has 0 aliphatic carbocycles. The lowest BCUT2D eigenvalue weighted by atomic mass is 9.91. The summed E-state index contributed by atoms with van der Waals surface area (Å²) in [6, 6.07) is 8.47. The van der Waals surface area contributed by atoms with E-state index >= 15 is 0 Å². The minimum absolute atomic E-state index is 0.278. The van der Waals surface area contributed by atoms with E-state index in [0.717, 1.165) is 36.1 Å². The van der Waals surface area contributed by atoms with Gasteiger partial charge < -0.3 is 10.2 Å². The topological polar surface area (TPSA) is 32.3 Å². The van der Waals surface area contributed by atoms with Crippen molar-refractivity contribution in [2.24, 2.45) is 5.92 Å². The molecule has 3 rings (SSSR count). The monoisotopic (exact) mass is 322 g/mol. The van der Waals surface area contributed by atoms with Gasteiger partial charge in [0.1, 0.15) is 0 Å². The molecule has 4 heteroatoms. The Morgan fingerprint density at radius 2 is 2.11 bits per heavy atom. The molecule has 0 spiro atoms. The van der Waals surface area contributed by atoms with Crippen LogP contribution in [0.25, 0.3) is 0 Å². The molecule has 0 saturated carbocycles. The van der Waals surface area contributed by atoms with E-state index in [0.29, 0.717) is 18.4 Å². The molecular formula is C15H19BrN2O. The summed E-state index contributed by atoms with van der Waals surface area (Å²) in [5.74, 6) is 0.948. The van der Waals surface area contributed by atoms with Crippen LogP contribution in [0.3, 0.4) is 0 Å². The molecule has 1 amide bonds.